The summed E-state index contributed by atoms with van der Waals surface area (Å²) in [7, 11) is 0. The Balaban J connectivity index is 2.24. The van der Waals surface area contributed by atoms with E-state index in [1.807, 2.05) is 6.92 Å². The van der Waals surface area contributed by atoms with Gasteiger partial charge in [-0.25, -0.2) is 0 Å². The number of para-hydroxylation sites is 1. The molecule has 1 aliphatic heterocycles. The third kappa shape index (κ3) is 3.60. The number of ether oxygens (including phenoxy) is 1. The van der Waals surface area contributed by atoms with E-state index < -0.39 is 27.0 Å². The van der Waals surface area contributed by atoms with Gasteiger partial charge in [-0.2, -0.15) is 0 Å². The maximum Gasteiger partial charge on any atom is 0.356 e. The lowest BCUT2D eigenvalue weighted by atomic mass is 9.95. The lowest BCUT2D eigenvalue weighted by molar-refractivity contribution is -0.422. The number of carbonyl (C=O) groups excluding carboxylic acids is 1. The molecule has 1 fully saturated rings. The van der Waals surface area contributed by atoms with E-state index in [1.165, 1.54) is 12.1 Å². The highest BCUT2D eigenvalue weighted by Crippen LogP contribution is 2.32. The van der Waals surface area contributed by atoms with Crippen LogP contribution >= 0.6 is 0 Å². The van der Waals surface area contributed by atoms with Crippen molar-refractivity contribution >= 4 is 17.2 Å². The summed E-state index contributed by atoms with van der Waals surface area (Å²) in [6, 6.07) is 3.57. The van der Waals surface area contributed by atoms with Crippen molar-refractivity contribution in [2.24, 2.45) is 5.92 Å². The van der Waals surface area contributed by atoms with E-state index >= 15 is 0 Å². The average molecular weight is 294 g/mol. The maximum atomic E-state index is 12.2. The standard InChI is InChI=1S/C13H14N2O6/c1-8(5-9-7-21-9)6-12(16)10-3-2-4-11(14(17)18)13(10)15(19)20/h2-4,8-9H,5-7H2,1H3. The van der Waals surface area contributed by atoms with Crippen molar-refractivity contribution in [1.82, 2.24) is 0 Å². The lowest BCUT2D eigenvalue weighted by Crippen LogP contribution is -2.11. The first-order valence-corrected chi connectivity index (χ1v) is 6.46. The summed E-state index contributed by atoms with van der Waals surface area (Å²) in [5.74, 6) is -0.456. The number of hydrogen-bond acceptors (Lipinski definition) is 6. The Kier molecular flexibility index (Phi) is 4.27. The number of nitro benzene ring substituents is 2. The van der Waals surface area contributed by atoms with Gasteiger partial charge >= 0.3 is 11.4 Å². The third-order valence-corrected chi connectivity index (χ3v) is 3.30. The molecular weight excluding hydrogens is 280 g/mol. The van der Waals surface area contributed by atoms with Crippen LogP contribution in [0.4, 0.5) is 11.4 Å². The van der Waals surface area contributed by atoms with Crippen LogP contribution in [0, 0.1) is 26.1 Å². The van der Waals surface area contributed by atoms with Gasteiger partial charge in [-0.05, 0) is 18.4 Å². The molecule has 1 aliphatic rings. The molecule has 8 heteroatoms. The van der Waals surface area contributed by atoms with Gasteiger partial charge in [0.2, 0.25) is 0 Å². The van der Waals surface area contributed by atoms with Gasteiger partial charge in [0.1, 0.15) is 5.56 Å². The van der Waals surface area contributed by atoms with Gasteiger partial charge in [-0.1, -0.05) is 13.0 Å². The normalized spacial score (nSPS) is 18.0. The number of hydrogen-bond donors (Lipinski definition) is 0. The molecule has 0 saturated carbocycles. The molecule has 8 nitrogen and oxygen atoms in total. The Morgan fingerprint density at radius 3 is 2.57 bits per heavy atom. The number of benzene rings is 1. The fourth-order valence-corrected chi connectivity index (χ4v) is 2.26. The van der Waals surface area contributed by atoms with Crippen molar-refractivity contribution in [2.45, 2.75) is 25.9 Å². The molecule has 0 radical (unpaired) electrons. The highest BCUT2D eigenvalue weighted by atomic mass is 16.6. The van der Waals surface area contributed by atoms with E-state index in [4.69, 9.17) is 4.74 Å². The molecule has 0 amide bonds. The van der Waals surface area contributed by atoms with Crippen LogP contribution in [0.3, 0.4) is 0 Å². The molecule has 1 aromatic carbocycles. The zero-order valence-corrected chi connectivity index (χ0v) is 11.4. The topological polar surface area (TPSA) is 116 Å². The summed E-state index contributed by atoms with van der Waals surface area (Å²) in [6.07, 6.45) is 0.962. The van der Waals surface area contributed by atoms with Crippen molar-refractivity contribution in [3.63, 3.8) is 0 Å². The van der Waals surface area contributed by atoms with Gasteiger partial charge in [0.05, 0.1) is 22.6 Å². The number of rotatable bonds is 7. The summed E-state index contributed by atoms with van der Waals surface area (Å²) in [6.45, 7) is 2.53. The molecule has 1 aromatic rings. The first-order valence-electron chi connectivity index (χ1n) is 6.46. The average Bonchev–Trinajstić information content (AvgIpc) is 3.21. The summed E-state index contributed by atoms with van der Waals surface area (Å²) in [5.41, 5.74) is -1.61. The number of nitro groups is 2. The Morgan fingerprint density at radius 2 is 2.05 bits per heavy atom. The van der Waals surface area contributed by atoms with Crippen LogP contribution in [0.15, 0.2) is 18.2 Å². The largest absolute Gasteiger partial charge is 0.373 e. The summed E-state index contributed by atoms with van der Waals surface area (Å²) in [5, 5.41) is 21.9. The fourth-order valence-electron chi connectivity index (χ4n) is 2.26. The molecule has 0 spiro atoms. The third-order valence-electron chi connectivity index (χ3n) is 3.30. The number of epoxide rings is 1. The Hall–Kier alpha value is -2.35. The van der Waals surface area contributed by atoms with Crippen molar-refractivity contribution in [3.05, 3.63) is 44.0 Å². The molecule has 0 bridgehead atoms. The second-order valence-corrected chi connectivity index (χ2v) is 5.11. The van der Waals surface area contributed by atoms with Gasteiger partial charge < -0.3 is 4.74 Å². The first kappa shape index (κ1) is 15.0. The van der Waals surface area contributed by atoms with Gasteiger partial charge in [-0.3, -0.25) is 25.0 Å². The van der Waals surface area contributed by atoms with E-state index in [0.29, 0.717) is 13.0 Å². The molecule has 0 N–H and O–H groups in total. The van der Waals surface area contributed by atoms with E-state index in [2.05, 4.69) is 0 Å². The van der Waals surface area contributed by atoms with Crippen LogP contribution in [0.2, 0.25) is 0 Å². The molecule has 2 atom stereocenters. The number of Topliss-reactive ketones (excluding diaryl/α,β-unsaturated/α-hetero) is 1. The molecule has 0 aromatic heterocycles. The minimum Gasteiger partial charge on any atom is -0.373 e. The van der Waals surface area contributed by atoms with Crippen molar-refractivity contribution in [1.29, 1.82) is 0 Å². The van der Waals surface area contributed by atoms with Crippen LogP contribution in [0.5, 0.6) is 0 Å². The van der Waals surface area contributed by atoms with Crippen LogP contribution in [0.1, 0.15) is 30.1 Å². The molecule has 2 unspecified atom stereocenters. The zero-order valence-electron chi connectivity index (χ0n) is 11.4. The Labute approximate surface area is 120 Å². The highest BCUT2D eigenvalue weighted by Gasteiger charge is 2.32. The second-order valence-electron chi connectivity index (χ2n) is 5.11. The predicted molar refractivity (Wildman–Crippen MR) is 72.2 cm³/mol. The smallest absolute Gasteiger partial charge is 0.356 e. The number of carbonyl (C=O) groups is 1. The minimum absolute atomic E-state index is 0.00358. The molecule has 1 saturated heterocycles. The molecule has 0 aliphatic carbocycles. The Morgan fingerprint density at radius 1 is 1.38 bits per heavy atom. The van der Waals surface area contributed by atoms with Gasteiger partial charge in [-0.15, -0.1) is 0 Å². The van der Waals surface area contributed by atoms with Crippen LogP contribution in [0.25, 0.3) is 0 Å². The maximum absolute atomic E-state index is 12.2. The van der Waals surface area contributed by atoms with Crippen molar-refractivity contribution in [2.75, 3.05) is 6.61 Å². The molecule has 112 valence electrons. The van der Waals surface area contributed by atoms with E-state index in [-0.39, 0.29) is 24.0 Å². The molecule has 21 heavy (non-hydrogen) atoms. The van der Waals surface area contributed by atoms with Crippen LogP contribution < -0.4 is 0 Å². The fraction of sp³-hybridized carbons (Fsp3) is 0.462. The SMILES string of the molecule is CC(CC(=O)c1cccc([N+](=O)[O-])c1[N+](=O)[O-])CC1CO1. The summed E-state index contributed by atoms with van der Waals surface area (Å²) < 4.78 is 5.07. The summed E-state index contributed by atoms with van der Waals surface area (Å²) >= 11 is 0. The molecule has 1 heterocycles. The zero-order chi connectivity index (χ0) is 15.6. The first-order chi connectivity index (χ1) is 9.90. The molecule has 2 rings (SSSR count). The van der Waals surface area contributed by atoms with E-state index in [9.17, 15) is 25.0 Å². The van der Waals surface area contributed by atoms with Gasteiger partial charge in [0, 0.05) is 12.5 Å². The van der Waals surface area contributed by atoms with Crippen LogP contribution in [-0.2, 0) is 4.74 Å². The Bertz CT molecular complexity index is 596. The minimum atomic E-state index is -0.875. The lowest BCUT2D eigenvalue weighted by Gasteiger charge is -2.08. The predicted octanol–water partition coefficient (Wildman–Crippen LogP) is 2.50. The monoisotopic (exact) mass is 294 g/mol. The quantitative estimate of drug-likeness (QED) is 0.330. The van der Waals surface area contributed by atoms with Gasteiger partial charge in [0.15, 0.2) is 5.78 Å². The van der Waals surface area contributed by atoms with Gasteiger partial charge in [0.25, 0.3) is 0 Å². The highest BCUT2D eigenvalue weighted by molar-refractivity contribution is 6.01. The van der Waals surface area contributed by atoms with Crippen LogP contribution in [-0.4, -0.2) is 28.3 Å². The van der Waals surface area contributed by atoms with Crippen molar-refractivity contribution < 1.29 is 19.4 Å². The second kappa shape index (κ2) is 5.96. The molecular formula is C13H14N2O6. The number of nitrogens with zero attached hydrogens (tertiary/aromatic N) is 2. The number of ketones is 1. The van der Waals surface area contributed by atoms with Crippen molar-refractivity contribution in [3.8, 4) is 0 Å². The summed E-state index contributed by atoms with van der Waals surface area (Å²) in [4.78, 5) is 32.4. The van der Waals surface area contributed by atoms with E-state index in [0.717, 1.165) is 6.07 Å². The van der Waals surface area contributed by atoms with E-state index in [1.54, 1.807) is 0 Å².